The van der Waals surface area contributed by atoms with Crippen molar-refractivity contribution in [2.24, 2.45) is 0 Å². The van der Waals surface area contributed by atoms with Gasteiger partial charge in [-0.2, -0.15) is 0 Å². The Morgan fingerprint density at radius 1 is 1.33 bits per heavy atom. The number of fused-ring (bicyclic) bond motifs is 1. The number of imidazole rings is 1. The van der Waals surface area contributed by atoms with Crippen LogP contribution in [0, 0.1) is 0 Å². The Bertz CT molecular complexity index is 690. The van der Waals surface area contributed by atoms with Crippen molar-refractivity contribution in [2.45, 2.75) is 24.5 Å². The first-order valence-corrected chi connectivity index (χ1v) is 7.68. The Morgan fingerprint density at radius 3 is 2.94 bits per heavy atom. The fourth-order valence-corrected chi connectivity index (χ4v) is 4.43. The van der Waals surface area contributed by atoms with Crippen molar-refractivity contribution in [1.82, 2.24) is 9.38 Å². The molecule has 96 valence electrons. The van der Waals surface area contributed by atoms with Gasteiger partial charge in [0.05, 0.1) is 17.5 Å². The molecule has 1 saturated heterocycles. The summed E-state index contributed by atoms with van der Waals surface area (Å²) in [5.74, 6) is 0.670. The van der Waals surface area contributed by atoms with Crippen LogP contribution in [0.1, 0.15) is 30.3 Å². The molecule has 0 bridgehead atoms. The molecule has 1 atom stereocenters. The second-order valence-corrected chi connectivity index (χ2v) is 6.92. The van der Waals surface area contributed by atoms with E-state index in [4.69, 9.17) is 0 Å². The largest absolute Gasteiger partial charge is 0.494 e. The van der Waals surface area contributed by atoms with Crippen LogP contribution in [0.25, 0.3) is 5.52 Å². The Labute approximate surface area is 105 Å². The maximum absolute atomic E-state index is 12.1. The summed E-state index contributed by atoms with van der Waals surface area (Å²) in [6, 6.07) is 5.05. The third-order valence-corrected chi connectivity index (χ3v) is 5.60. The molecule has 5 nitrogen and oxygen atoms in total. The second-order valence-electron chi connectivity index (χ2n) is 4.61. The lowest BCUT2D eigenvalue weighted by atomic mass is 10.2. The van der Waals surface area contributed by atoms with Crippen LogP contribution in [0.4, 0.5) is 0 Å². The quantitative estimate of drug-likeness (QED) is 0.852. The van der Waals surface area contributed by atoms with Crippen LogP contribution in [0.2, 0.25) is 0 Å². The summed E-state index contributed by atoms with van der Waals surface area (Å²) in [5, 5.41) is 9.27. The molecule has 0 amide bonds. The van der Waals surface area contributed by atoms with Crippen molar-refractivity contribution in [2.75, 3.05) is 5.75 Å². The van der Waals surface area contributed by atoms with Crippen molar-refractivity contribution in [3.8, 4) is 5.88 Å². The molecule has 1 unspecified atom stereocenters. The van der Waals surface area contributed by atoms with Gasteiger partial charge >= 0.3 is 0 Å². The number of rotatable bonds is 1. The summed E-state index contributed by atoms with van der Waals surface area (Å²) in [5.41, 5.74) is 0.714. The standard InChI is InChI=1S/C12H14N2O3S/c15-11-6-3-4-9-8-13-12(14(9)11)10-5-1-2-7-18(10,16)17/h3-4,6,8,10,15H,1-2,5,7H2. The van der Waals surface area contributed by atoms with Crippen molar-refractivity contribution in [1.29, 1.82) is 0 Å². The number of sulfone groups is 1. The molecule has 0 aromatic carbocycles. The minimum atomic E-state index is -3.15. The fourth-order valence-electron chi connectivity index (χ4n) is 2.53. The minimum absolute atomic E-state index is 0.0285. The zero-order chi connectivity index (χ0) is 12.8. The molecule has 18 heavy (non-hydrogen) atoms. The lowest BCUT2D eigenvalue weighted by Gasteiger charge is -2.21. The molecule has 1 aliphatic rings. The van der Waals surface area contributed by atoms with Crippen molar-refractivity contribution < 1.29 is 13.5 Å². The molecule has 1 N–H and O–H groups in total. The number of aromatic hydroxyl groups is 1. The van der Waals surface area contributed by atoms with Crippen LogP contribution in [0.3, 0.4) is 0 Å². The molecule has 1 aliphatic heterocycles. The van der Waals surface area contributed by atoms with Gasteiger partial charge < -0.3 is 5.11 Å². The Morgan fingerprint density at radius 2 is 2.17 bits per heavy atom. The monoisotopic (exact) mass is 266 g/mol. The zero-order valence-electron chi connectivity index (χ0n) is 9.78. The number of hydrogen-bond donors (Lipinski definition) is 1. The van der Waals surface area contributed by atoms with Crippen molar-refractivity contribution >= 4 is 15.4 Å². The highest BCUT2D eigenvalue weighted by Gasteiger charge is 2.33. The fraction of sp³-hybridized carbons (Fsp3) is 0.417. The average molecular weight is 266 g/mol. The Hall–Kier alpha value is -1.56. The van der Waals surface area contributed by atoms with E-state index in [0.29, 0.717) is 24.2 Å². The van der Waals surface area contributed by atoms with Crippen molar-refractivity contribution in [3.05, 3.63) is 30.2 Å². The molecule has 0 aliphatic carbocycles. The second kappa shape index (κ2) is 3.98. The first kappa shape index (κ1) is 11.5. The molecular formula is C12H14N2O3S. The molecule has 2 aromatic heterocycles. The van der Waals surface area contributed by atoms with E-state index in [9.17, 15) is 13.5 Å². The SMILES string of the molecule is O=S1(=O)CCCCC1c1ncc2cccc(O)n12. The molecule has 3 rings (SSSR count). The molecule has 6 heteroatoms. The number of pyridine rings is 1. The first-order valence-electron chi connectivity index (χ1n) is 5.96. The lowest BCUT2D eigenvalue weighted by molar-refractivity contribution is 0.440. The molecule has 0 saturated carbocycles. The van der Waals surface area contributed by atoms with Gasteiger partial charge in [-0.25, -0.2) is 13.4 Å². The summed E-state index contributed by atoms with van der Waals surface area (Å²) in [4.78, 5) is 4.20. The van der Waals surface area contributed by atoms with Gasteiger partial charge in [0.25, 0.3) is 0 Å². The topological polar surface area (TPSA) is 71.7 Å². The smallest absolute Gasteiger partial charge is 0.197 e. The molecule has 1 fully saturated rings. The summed E-state index contributed by atoms with van der Waals surface area (Å²) < 4.78 is 25.7. The molecule has 3 heterocycles. The Balaban J connectivity index is 2.20. The van der Waals surface area contributed by atoms with Gasteiger partial charge in [0.2, 0.25) is 0 Å². The molecule has 0 radical (unpaired) electrons. The van der Waals surface area contributed by atoms with Gasteiger partial charge in [-0.15, -0.1) is 0 Å². The van der Waals surface area contributed by atoms with Crippen LogP contribution in [-0.4, -0.2) is 28.7 Å². The van der Waals surface area contributed by atoms with Crippen LogP contribution < -0.4 is 0 Å². The van der Waals surface area contributed by atoms with Gasteiger partial charge in [0, 0.05) is 0 Å². The number of nitrogens with zero attached hydrogens (tertiary/aromatic N) is 2. The van der Waals surface area contributed by atoms with Crippen LogP contribution in [0.5, 0.6) is 5.88 Å². The summed E-state index contributed by atoms with van der Waals surface area (Å²) in [6.07, 6.45) is 3.77. The normalized spacial score (nSPS) is 23.2. The highest BCUT2D eigenvalue weighted by molar-refractivity contribution is 7.91. The minimum Gasteiger partial charge on any atom is -0.494 e. The highest BCUT2D eigenvalue weighted by atomic mass is 32.2. The summed E-state index contributed by atoms with van der Waals surface area (Å²) in [6.45, 7) is 0. The predicted octanol–water partition coefficient (Wildman–Crippen LogP) is 1.68. The van der Waals surface area contributed by atoms with Crippen LogP contribution in [-0.2, 0) is 9.84 Å². The molecule has 2 aromatic rings. The van der Waals surface area contributed by atoms with Crippen LogP contribution >= 0.6 is 0 Å². The maximum Gasteiger partial charge on any atom is 0.197 e. The third-order valence-electron chi connectivity index (χ3n) is 3.42. The van der Waals surface area contributed by atoms with Crippen LogP contribution in [0.15, 0.2) is 24.4 Å². The average Bonchev–Trinajstić information content (AvgIpc) is 2.73. The van der Waals surface area contributed by atoms with E-state index in [0.717, 1.165) is 6.42 Å². The van der Waals surface area contributed by atoms with Crippen molar-refractivity contribution in [3.63, 3.8) is 0 Å². The van der Waals surface area contributed by atoms with E-state index in [1.165, 1.54) is 10.5 Å². The number of hydrogen-bond acceptors (Lipinski definition) is 4. The van der Waals surface area contributed by atoms with E-state index >= 15 is 0 Å². The third kappa shape index (κ3) is 1.68. The zero-order valence-corrected chi connectivity index (χ0v) is 10.6. The molecule has 0 spiro atoms. The van der Waals surface area contributed by atoms with Gasteiger partial charge in [0.1, 0.15) is 11.1 Å². The lowest BCUT2D eigenvalue weighted by Crippen LogP contribution is -2.23. The van der Waals surface area contributed by atoms with Gasteiger partial charge in [-0.1, -0.05) is 12.5 Å². The predicted molar refractivity (Wildman–Crippen MR) is 67.2 cm³/mol. The van der Waals surface area contributed by atoms with Gasteiger partial charge in [0.15, 0.2) is 15.7 Å². The van der Waals surface area contributed by atoms with Gasteiger partial charge in [-0.05, 0) is 25.0 Å². The molecular weight excluding hydrogens is 252 g/mol. The van der Waals surface area contributed by atoms with E-state index in [-0.39, 0.29) is 11.6 Å². The van der Waals surface area contributed by atoms with E-state index < -0.39 is 15.1 Å². The van der Waals surface area contributed by atoms with E-state index in [1.807, 2.05) is 0 Å². The number of aromatic nitrogens is 2. The maximum atomic E-state index is 12.1. The van der Waals surface area contributed by atoms with E-state index in [2.05, 4.69) is 4.98 Å². The summed E-state index contributed by atoms with van der Waals surface area (Å²) >= 11 is 0. The first-order chi connectivity index (χ1) is 8.59. The Kier molecular flexibility index (Phi) is 2.55. The summed E-state index contributed by atoms with van der Waals surface area (Å²) in [7, 11) is -3.15. The van der Waals surface area contributed by atoms with E-state index in [1.54, 1.807) is 18.3 Å². The van der Waals surface area contributed by atoms with Gasteiger partial charge in [-0.3, -0.25) is 4.40 Å². The highest BCUT2D eigenvalue weighted by Crippen LogP contribution is 2.34.